The molecule has 0 saturated carbocycles. The van der Waals surface area contributed by atoms with Gasteiger partial charge in [-0.2, -0.15) is 0 Å². The van der Waals surface area contributed by atoms with Gasteiger partial charge in [0.1, 0.15) is 5.75 Å². The van der Waals surface area contributed by atoms with Crippen LogP contribution in [0.15, 0.2) is 46.9 Å². The molecule has 1 aliphatic heterocycles. The molecule has 31 heavy (non-hydrogen) atoms. The Bertz CT molecular complexity index is 928. The zero-order chi connectivity index (χ0) is 22.0. The second kappa shape index (κ2) is 9.76. The SMILES string of the molecule is COc1ccc2c(c1)CC(C)C(Br)=C2c1ccc(N2CCC(C(OC)OC)CC2)cc1. The number of fused-ring (bicyclic) bond motifs is 1. The highest BCUT2D eigenvalue weighted by atomic mass is 79.9. The van der Waals surface area contributed by atoms with Crippen LogP contribution in [0.2, 0.25) is 0 Å². The summed E-state index contributed by atoms with van der Waals surface area (Å²) in [4.78, 5) is 2.47. The summed E-state index contributed by atoms with van der Waals surface area (Å²) in [5.74, 6) is 1.83. The number of allylic oxidation sites excluding steroid dienone is 1. The number of hydrogen-bond acceptors (Lipinski definition) is 4. The van der Waals surface area contributed by atoms with Gasteiger partial charge in [0.25, 0.3) is 0 Å². The van der Waals surface area contributed by atoms with Gasteiger partial charge in [-0.05, 0) is 71.7 Å². The summed E-state index contributed by atoms with van der Waals surface area (Å²) in [6, 6.07) is 15.5. The summed E-state index contributed by atoms with van der Waals surface area (Å²) < 4.78 is 17.7. The molecule has 2 aliphatic rings. The van der Waals surface area contributed by atoms with Crippen molar-refractivity contribution in [2.24, 2.45) is 11.8 Å². The highest BCUT2D eigenvalue weighted by Gasteiger charge is 2.27. The van der Waals surface area contributed by atoms with Crippen LogP contribution in [0.3, 0.4) is 0 Å². The molecule has 1 unspecified atom stereocenters. The Kier molecular flexibility index (Phi) is 7.05. The minimum absolute atomic E-state index is 0.0965. The first-order chi connectivity index (χ1) is 15.0. The van der Waals surface area contributed by atoms with E-state index >= 15 is 0 Å². The highest BCUT2D eigenvalue weighted by molar-refractivity contribution is 9.11. The third-order valence-corrected chi connectivity index (χ3v) is 7.87. The van der Waals surface area contributed by atoms with Gasteiger partial charge in [-0.1, -0.05) is 41.1 Å². The molecular weight excluding hydrogens is 454 g/mol. The van der Waals surface area contributed by atoms with Gasteiger partial charge in [0.05, 0.1) is 7.11 Å². The standard InChI is InChI=1S/C26H32BrNO3/c1-17-15-20-16-22(29-2)9-10-23(20)24(25(17)27)18-5-7-21(8-6-18)28-13-11-19(12-14-28)26(30-3)31-4/h5-10,16-17,19,26H,11-15H2,1-4H3. The zero-order valence-corrected chi connectivity index (χ0v) is 20.4. The number of piperidine rings is 1. The van der Waals surface area contributed by atoms with E-state index in [4.69, 9.17) is 14.2 Å². The second-order valence-electron chi connectivity index (χ2n) is 8.56. The van der Waals surface area contributed by atoms with Crippen molar-refractivity contribution in [2.75, 3.05) is 39.3 Å². The van der Waals surface area contributed by atoms with Crippen molar-refractivity contribution in [1.29, 1.82) is 0 Å². The molecule has 1 saturated heterocycles. The Morgan fingerprint density at radius 2 is 1.65 bits per heavy atom. The molecule has 0 amide bonds. The second-order valence-corrected chi connectivity index (χ2v) is 9.42. The molecule has 1 atom stereocenters. The minimum atomic E-state index is -0.0965. The van der Waals surface area contributed by atoms with Crippen LogP contribution >= 0.6 is 15.9 Å². The first kappa shape index (κ1) is 22.4. The molecular formula is C26H32BrNO3. The third-order valence-electron chi connectivity index (χ3n) is 6.69. The van der Waals surface area contributed by atoms with E-state index in [1.165, 1.54) is 32.4 Å². The molecule has 5 heteroatoms. The van der Waals surface area contributed by atoms with Crippen LogP contribution in [0.4, 0.5) is 5.69 Å². The molecule has 1 heterocycles. The molecule has 1 fully saturated rings. The largest absolute Gasteiger partial charge is 0.497 e. The number of ether oxygens (including phenoxy) is 3. The Labute approximate surface area is 194 Å². The fourth-order valence-electron chi connectivity index (χ4n) is 4.95. The number of hydrogen-bond donors (Lipinski definition) is 0. The van der Waals surface area contributed by atoms with Crippen molar-refractivity contribution in [2.45, 2.75) is 32.5 Å². The summed E-state index contributed by atoms with van der Waals surface area (Å²) >= 11 is 3.91. The van der Waals surface area contributed by atoms with Crippen LogP contribution in [0.25, 0.3) is 5.57 Å². The Balaban J connectivity index is 1.54. The smallest absolute Gasteiger partial charge is 0.159 e. The average Bonchev–Trinajstić information content (AvgIpc) is 2.81. The summed E-state index contributed by atoms with van der Waals surface area (Å²) in [7, 11) is 5.19. The number of benzene rings is 2. The lowest BCUT2D eigenvalue weighted by Crippen LogP contribution is -2.39. The molecule has 0 spiro atoms. The monoisotopic (exact) mass is 485 g/mol. The Morgan fingerprint density at radius 1 is 0.968 bits per heavy atom. The van der Waals surface area contributed by atoms with E-state index in [-0.39, 0.29) is 6.29 Å². The van der Waals surface area contributed by atoms with Crippen molar-refractivity contribution >= 4 is 27.2 Å². The highest BCUT2D eigenvalue weighted by Crippen LogP contribution is 2.43. The van der Waals surface area contributed by atoms with Crippen LogP contribution < -0.4 is 9.64 Å². The van der Waals surface area contributed by atoms with Gasteiger partial charge >= 0.3 is 0 Å². The van der Waals surface area contributed by atoms with Crippen LogP contribution in [0, 0.1) is 11.8 Å². The lowest BCUT2D eigenvalue weighted by molar-refractivity contribution is -0.141. The maximum absolute atomic E-state index is 5.47. The van der Waals surface area contributed by atoms with Crippen molar-refractivity contribution in [3.05, 3.63) is 63.6 Å². The number of methoxy groups -OCH3 is 3. The molecule has 0 aromatic heterocycles. The van der Waals surface area contributed by atoms with E-state index in [0.29, 0.717) is 11.8 Å². The van der Waals surface area contributed by atoms with Gasteiger partial charge < -0.3 is 19.1 Å². The van der Waals surface area contributed by atoms with Gasteiger partial charge in [0.2, 0.25) is 0 Å². The predicted molar refractivity (Wildman–Crippen MR) is 130 cm³/mol. The summed E-state index contributed by atoms with van der Waals surface area (Å²) in [5, 5.41) is 0. The van der Waals surface area contributed by atoms with Gasteiger partial charge in [-0.15, -0.1) is 0 Å². The molecule has 0 N–H and O–H groups in total. The molecule has 4 rings (SSSR count). The van der Waals surface area contributed by atoms with Gasteiger partial charge in [0.15, 0.2) is 6.29 Å². The van der Waals surface area contributed by atoms with E-state index in [2.05, 4.69) is 70.2 Å². The summed E-state index contributed by atoms with van der Waals surface area (Å²) in [5.41, 5.74) is 6.47. The van der Waals surface area contributed by atoms with Gasteiger partial charge in [-0.25, -0.2) is 0 Å². The lowest BCUT2D eigenvalue weighted by Gasteiger charge is -2.36. The molecule has 1 aliphatic carbocycles. The summed E-state index contributed by atoms with van der Waals surface area (Å²) in [6.07, 6.45) is 3.09. The van der Waals surface area contributed by atoms with Crippen LogP contribution in [0.1, 0.15) is 36.5 Å². The number of anilines is 1. The number of rotatable bonds is 6. The van der Waals surface area contributed by atoms with Crippen LogP contribution in [-0.2, 0) is 15.9 Å². The molecule has 0 radical (unpaired) electrons. The Hall–Kier alpha value is -1.82. The summed E-state index contributed by atoms with van der Waals surface area (Å²) in [6.45, 7) is 4.33. The van der Waals surface area contributed by atoms with E-state index in [0.717, 1.165) is 38.1 Å². The molecule has 0 bridgehead atoms. The van der Waals surface area contributed by atoms with Crippen molar-refractivity contribution in [3.63, 3.8) is 0 Å². The van der Waals surface area contributed by atoms with Crippen molar-refractivity contribution in [1.82, 2.24) is 0 Å². The van der Waals surface area contributed by atoms with Gasteiger partial charge in [-0.3, -0.25) is 0 Å². The minimum Gasteiger partial charge on any atom is -0.497 e. The first-order valence-electron chi connectivity index (χ1n) is 11.0. The predicted octanol–water partition coefficient (Wildman–Crippen LogP) is 5.88. The zero-order valence-electron chi connectivity index (χ0n) is 18.9. The lowest BCUT2D eigenvalue weighted by atomic mass is 9.82. The molecule has 2 aromatic carbocycles. The van der Waals surface area contributed by atoms with Gasteiger partial charge in [0, 0.05) is 43.4 Å². The fourth-order valence-corrected chi connectivity index (χ4v) is 5.55. The van der Waals surface area contributed by atoms with Crippen LogP contribution in [-0.4, -0.2) is 40.7 Å². The number of halogens is 1. The average molecular weight is 486 g/mol. The van der Waals surface area contributed by atoms with E-state index in [9.17, 15) is 0 Å². The third kappa shape index (κ3) is 4.55. The molecule has 2 aromatic rings. The Morgan fingerprint density at radius 3 is 2.26 bits per heavy atom. The number of nitrogens with zero attached hydrogens (tertiary/aromatic N) is 1. The fraction of sp³-hybridized carbons (Fsp3) is 0.462. The maximum atomic E-state index is 5.47. The molecule has 166 valence electrons. The topological polar surface area (TPSA) is 30.9 Å². The first-order valence-corrected chi connectivity index (χ1v) is 11.8. The van der Waals surface area contributed by atoms with E-state index < -0.39 is 0 Å². The van der Waals surface area contributed by atoms with Crippen LogP contribution in [0.5, 0.6) is 5.75 Å². The van der Waals surface area contributed by atoms with Crippen molar-refractivity contribution < 1.29 is 14.2 Å². The van der Waals surface area contributed by atoms with E-state index in [1.54, 1.807) is 21.3 Å². The van der Waals surface area contributed by atoms with E-state index in [1.807, 2.05) is 0 Å². The van der Waals surface area contributed by atoms with Crippen molar-refractivity contribution in [3.8, 4) is 5.75 Å². The molecule has 4 nitrogen and oxygen atoms in total. The quantitative estimate of drug-likeness (QED) is 0.478. The maximum Gasteiger partial charge on any atom is 0.159 e. The normalized spacial score (nSPS) is 19.7.